The quantitative estimate of drug-likeness (QED) is 0.540. The van der Waals surface area contributed by atoms with Gasteiger partial charge in [0.25, 0.3) is 0 Å². The summed E-state index contributed by atoms with van der Waals surface area (Å²) in [7, 11) is 0. The number of benzene rings is 1. The van der Waals surface area contributed by atoms with E-state index in [2.05, 4.69) is 31.9 Å². The number of carbonyl (C=O) groups is 1. The number of hydrogen-bond acceptors (Lipinski definition) is 4. The molecule has 0 aliphatic heterocycles. The molecule has 0 spiro atoms. The highest BCUT2D eigenvalue weighted by Crippen LogP contribution is 2.21. The number of fused-ring (bicyclic) bond motifs is 2. The van der Waals surface area contributed by atoms with Crippen molar-refractivity contribution in [1.82, 2.24) is 24.1 Å². The highest BCUT2D eigenvalue weighted by Gasteiger charge is 2.15. The Kier molecular flexibility index (Phi) is 5.05. The number of nitrogens with one attached hydrogen (secondary N) is 1. The van der Waals surface area contributed by atoms with Gasteiger partial charge in [-0.05, 0) is 51.3 Å². The Morgan fingerprint density at radius 3 is 2.72 bits per heavy atom. The summed E-state index contributed by atoms with van der Waals surface area (Å²) in [6, 6.07) is 9.93. The number of nitrogens with zero attached hydrogens (tertiary/aromatic N) is 5. The predicted octanol–water partition coefficient (Wildman–Crippen LogP) is 3.99. The van der Waals surface area contributed by atoms with Crippen LogP contribution in [0, 0.1) is 20.8 Å². The summed E-state index contributed by atoms with van der Waals surface area (Å²) in [4.78, 5) is 22.0. The lowest BCUT2D eigenvalue weighted by molar-refractivity contribution is -0.116. The van der Waals surface area contributed by atoms with Crippen molar-refractivity contribution in [2.24, 2.45) is 0 Å². The average Bonchev–Trinajstić information content (AvgIpc) is 3.22. The second-order valence-electron chi connectivity index (χ2n) is 7.44. The van der Waals surface area contributed by atoms with Crippen molar-refractivity contribution in [3.63, 3.8) is 0 Å². The molecule has 0 bridgehead atoms. The molecule has 0 fully saturated rings. The molecule has 1 aromatic carbocycles. The van der Waals surface area contributed by atoms with Crippen molar-refractivity contribution in [2.75, 3.05) is 5.32 Å². The number of rotatable bonds is 6. The maximum absolute atomic E-state index is 12.7. The van der Waals surface area contributed by atoms with E-state index in [4.69, 9.17) is 0 Å². The van der Waals surface area contributed by atoms with E-state index >= 15 is 0 Å². The van der Waals surface area contributed by atoms with Crippen LogP contribution in [0.5, 0.6) is 0 Å². The highest BCUT2D eigenvalue weighted by molar-refractivity contribution is 5.91. The van der Waals surface area contributed by atoms with Gasteiger partial charge in [-0.25, -0.2) is 14.5 Å². The van der Waals surface area contributed by atoms with Crippen LogP contribution in [0.4, 0.5) is 5.95 Å². The highest BCUT2D eigenvalue weighted by atomic mass is 16.1. The fourth-order valence-corrected chi connectivity index (χ4v) is 3.85. The van der Waals surface area contributed by atoms with Gasteiger partial charge in [-0.3, -0.25) is 10.1 Å². The molecule has 1 N–H and O–H groups in total. The zero-order chi connectivity index (χ0) is 20.5. The summed E-state index contributed by atoms with van der Waals surface area (Å²) in [5.41, 5.74) is 6.76. The summed E-state index contributed by atoms with van der Waals surface area (Å²) in [5, 5.41) is 7.51. The maximum Gasteiger partial charge on any atom is 0.227 e. The van der Waals surface area contributed by atoms with E-state index < -0.39 is 0 Å². The van der Waals surface area contributed by atoms with E-state index in [1.165, 1.54) is 0 Å². The fraction of sp³-hybridized carbons (Fsp3) is 0.364. The van der Waals surface area contributed by atoms with Crippen molar-refractivity contribution < 1.29 is 4.79 Å². The molecule has 3 aromatic heterocycles. The molecule has 0 saturated heterocycles. The minimum absolute atomic E-state index is 0.0480. The van der Waals surface area contributed by atoms with Crippen molar-refractivity contribution in [3.05, 3.63) is 53.0 Å². The Labute approximate surface area is 169 Å². The van der Waals surface area contributed by atoms with E-state index in [1.807, 2.05) is 55.6 Å². The molecular weight excluding hydrogens is 364 g/mol. The lowest BCUT2D eigenvalue weighted by Crippen LogP contribution is -2.17. The summed E-state index contributed by atoms with van der Waals surface area (Å²) in [6.07, 6.45) is 1.94. The minimum Gasteiger partial charge on any atom is -0.310 e. The number of amides is 1. The van der Waals surface area contributed by atoms with E-state index in [9.17, 15) is 4.79 Å². The Morgan fingerprint density at radius 1 is 1.14 bits per heavy atom. The maximum atomic E-state index is 12.7. The second kappa shape index (κ2) is 7.66. The molecule has 0 atom stereocenters. The largest absolute Gasteiger partial charge is 0.310 e. The molecular formula is C22H26N6O. The van der Waals surface area contributed by atoms with E-state index in [1.54, 1.807) is 0 Å². The summed E-state index contributed by atoms with van der Waals surface area (Å²) in [6.45, 7) is 8.91. The Hall–Kier alpha value is -3.22. The van der Waals surface area contributed by atoms with Crippen LogP contribution < -0.4 is 5.32 Å². The third kappa shape index (κ3) is 3.60. The van der Waals surface area contributed by atoms with E-state index in [0.29, 0.717) is 18.8 Å². The third-order valence-corrected chi connectivity index (χ3v) is 5.24. The van der Waals surface area contributed by atoms with Gasteiger partial charge >= 0.3 is 0 Å². The Balaban J connectivity index is 1.53. The number of aryl methyl sites for hydroxylation is 4. The minimum atomic E-state index is -0.0480. The molecule has 0 aliphatic rings. The molecule has 7 nitrogen and oxygen atoms in total. The first-order chi connectivity index (χ1) is 14.0. The van der Waals surface area contributed by atoms with Crippen molar-refractivity contribution in [2.45, 2.75) is 53.5 Å². The first kappa shape index (κ1) is 19.1. The third-order valence-electron chi connectivity index (χ3n) is 5.24. The van der Waals surface area contributed by atoms with Crippen LogP contribution in [0.1, 0.15) is 42.4 Å². The lowest BCUT2D eigenvalue weighted by atomic mass is 10.1. The summed E-state index contributed by atoms with van der Waals surface area (Å²) < 4.78 is 3.93. The number of anilines is 1. The zero-order valence-electron chi connectivity index (χ0n) is 17.4. The van der Waals surface area contributed by atoms with Gasteiger partial charge in [0.1, 0.15) is 0 Å². The van der Waals surface area contributed by atoms with Crippen molar-refractivity contribution >= 4 is 28.5 Å². The second-order valence-corrected chi connectivity index (χ2v) is 7.44. The zero-order valence-corrected chi connectivity index (χ0v) is 17.4. The number of carbonyl (C=O) groups excluding carboxylic acids is 1. The molecule has 0 saturated carbocycles. The van der Waals surface area contributed by atoms with Crippen LogP contribution in [0.25, 0.3) is 16.7 Å². The molecule has 1 amide bonds. The first-order valence-electron chi connectivity index (χ1n) is 10.1. The van der Waals surface area contributed by atoms with Gasteiger partial charge in [0, 0.05) is 30.4 Å². The van der Waals surface area contributed by atoms with E-state index in [-0.39, 0.29) is 5.91 Å². The smallest absolute Gasteiger partial charge is 0.227 e. The molecule has 4 rings (SSSR count). The molecule has 0 unspecified atom stereocenters. The van der Waals surface area contributed by atoms with Crippen LogP contribution in [0.3, 0.4) is 0 Å². The monoisotopic (exact) mass is 390 g/mol. The van der Waals surface area contributed by atoms with Crippen LogP contribution in [-0.2, 0) is 17.8 Å². The van der Waals surface area contributed by atoms with Crippen molar-refractivity contribution in [1.29, 1.82) is 0 Å². The van der Waals surface area contributed by atoms with Gasteiger partial charge in [0.05, 0.1) is 16.7 Å². The van der Waals surface area contributed by atoms with Gasteiger partial charge in [0.15, 0.2) is 5.65 Å². The fourth-order valence-electron chi connectivity index (χ4n) is 3.85. The summed E-state index contributed by atoms with van der Waals surface area (Å²) >= 11 is 0. The van der Waals surface area contributed by atoms with Gasteiger partial charge in [0.2, 0.25) is 11.9 Å². The number of hydrogen-bond donors (Lipinski definition) is 1. The van der Waals surface area contributed by atoms with Gasteiger partial charge in [-0.2, -0.15) is 5.10 Å². The number of para-hydroxylation sites is 2. The molecule has 7 heteroatoms. The van der Waals surface area contributed by atoms with Crippen LogP contribution in [-0.4, -0.2) is 30.1 Å². The number of imidazole rings is 1. The summed E-state index contributed by atoms with van der Waals surface area (Å²) in [5.74, 6) is 0.566. The molecule has 0 aliphatic carbocycles. The molecule has 4 aromatic rings. The Bertz CT molecular complexity index is 1200. The molecule has 150 valence electrons. The standard InChI is InChI=1S/C22H26N6O/c1-5-12-27-19-9-7-6-8-18(19)24-22(27)25-21(29)11-10-17-15(3)23-20-13-14(2)26-28(20)16(17)4/h6-9,13H,5,10-12H2,1-4H3,(H,24,25,29). The van der Waals surface area contributed by atoms with Crippen LogP contribution >= 0.6 is 0 Å². The predicted molar refractivity (Wildman–Crippen MR) is 114 cm³/mol. The van der Waals surface area contributed by atoms with Crippen LogP contribution in [0.2, 0.25) is 0 Å². The molecule has 3 heterocycles. The SMILES string of the molecule is CCCn1c(NC(=O)CCc2c(C)nc3cc(C)nn3c2C)nc2ccccc21. The molecule has 0 radical (unpaired) electrons. The number of aromatic nitrogens is 5. The van der Waals surface area contributed by atoms with Gasteiger partial charge < -0.3 is 4.57 Å². The van der Waals surface area contributed by atoms with Gasteiger partial charge in [-0.1, -0.05) is 19.1 Å². The topological polar surface area (TPSA) is 77.1 Å². The first-order valence-corrected chi connectivity index (χ1v) is 10.1. The van der Waals surface area contributed by atoms with Crippen LogP contribution in [0.15, 0.2) is 30.3 Å². The molecule has 29 heavy (non-hydrogen) atoms. The average molecular weight is 390 g/mol. The van der Waals surface area contributed by atoms with Crippen molar-refractivity contribution in [3.8, 4) is 0 Å². The van der Waals surface area contributed by atoms with E-state index in [0.717, 1.165) is 52.3 Å². The van der Waals surface area contributed by atoms with Gasteiger partial charge in [-0.15, -0.1) is 0 Å². The Morgan fingerprint density at radius 2 is 1.93 bits per heavy atom. The normalized spacial score (nSPS) is 11.4. The lowest BCUT2D eigenvalue weighted by Gasteiger charge is -2.12.